The Labute approximate surface area is 166 Å². The molecule has 1 amide bonds. The van der Waals surface area contributed by atoms with Gasteiger partial charge in [-0.2, -0.15) is 0 Å². The van der Waals surface area contributed by atoms with Crippen molar-refractivity contribution in [3.05, 3.63) is 76.6 Å². The number of carbonyl (C=O) groups is 1. The third-order valence-electron chi connectivity index (χ3n) is 4.18. The fourth-order valence-corrected chi connectivity index (χ4v) is 3.75. The minimum absolute atomic E-state index is 0.0519. The number of benzene rings is 2. The normalized spacial score (nSPS) is 11.0. The van der Waals surface area contributed by atoms with Gasteiger partial charge in [0.05, 0.1) is 11.0 Å². The predicted molar refractivity (Wildman–Crippen MR) is 110 cm³/mol. The van der Waals surface area contributed by atoms with Crippen molar-refractivity contribution in [1.29, 1.82) is 0 Å². The first-order valence-electron chi connectivity index (χ1n) is 8.97. The highest BCUT2D eigenvalue weighted by atomic mass is 32.1. The molecule has 0 radical (unpaired) electrons. The fourth-order valence-electron chi connectivity index (χ4n) is 2.88. The molecule has 0 atom stereocenters. The lowest BCUT2D eigenvalue weighted by molar-refractivity contribution is -0.121. The van der Waals surface area contributed by atoms with Crippen LogP contribution < -0.4 is 5.32 Å². The molecule has 0 aliphatic rings. The number of hydrogen-bond donors (Lipinski definition) is 2. The van der Waals surface area contributed by atoms with Gasteiger partial charge in [0.15, 0.2) is 5.13 Å². The molecule has 28 heavy (non-hydrogen) atoms. The maximum absolute atomic E-state index is 12.1. The third-order valence-corrected chi connectivity index (χ3v) is 5.09. The number of carbonyl (C=O) groups excluding carboxylic acids is 1. The maximum Gasteiger partial charge on any atom is 0.252 e. The molecule has 0 fully saturated rings. The van der Waals surface area contributed by atoms with Gasteiger partial charge in [-0.25, -0.2) is 9.97 Å². The van der Waals surface area contributed by atoms with Crippen LogP contribution in [0, 0.1) is 6.92 Å². The SMILES string of the molecule is Cc1ccc2nc(COCC(=O)Nc3ncc(Cc4ccccc4)s3)[nH]c2c1. The number of hydrogen-bond acceptors (Lipinski definition) is 5. The van der Waals surface area contributed by atoms with Gasteiger partial charge in [-0.05, 0) is 30.2 Å². The molecule has 2 heterocycles. The zero-order valence-corrected chi connectivity index (χ0v) is 16.3. The summed E-state index contributed by atoms with van der Waals surface area (Å²) >= 11 is 1.47. The van der Waals surface area contributed by atoms with Gasteiger partial charge >= 0.3 is 0 Å². The number of fused-ring (bicyclic) bond motifs is 1. The van der Waals surface area contributed by atoms with E-state index in [1.807, 2.05) is 43.3 Å². The van der Waals surface area contributed by atoms with Crippen LogP contribution in [0.1, 0.15) is 21.8 Å². The summed E-state index contributed by atoms with van der Waals surface area (Å²) in [5.74, 6) is 0.473. The lowest BCUT2D eigenvalue weighted by Crippen LogP contribution is -2.18. The number of aromatic nitrogens is 3. The molecule has 0 spiro atoms. The van der Waals surface area contributed by atoms with E-state index in [2.05, 4.69) is 32.4 Å². The number of thiazole rings is 1. The van der Waals surface area contributed by atoms with E-state index in [4.69, 9.17) is 4.74 Å². The highest BCUT2D eigenvalue weighted by Gasteiger charge is 2.09. The number of nitrogens with zero attached hydrogens (tertiary/aromatic N) is 2. The number of H-pyrrole nitrogens is 1. The minimum atomic E-state index is -0.229. The molecule has 0 aliphatic carbocycles. The van der Waals surface area contributed by atoms with Crippen LogP contribution in [0.15, 0.2) is 54.7 Å². The molecule has 6 nitrogen and oxygen atoms in total. The van der Waals surface area contributed by atoms with Crippen molar-refractivity contribution >= 4 is 33.4 Å². The lowest BCUT2D eigenvalue weighted by Gasteiger charge is -2.02. The highest BCUT2D eigenvalue weighted by molar-refractivity contribution is 7.15. The van der Waals surface area contributed by atoms with Crippen LogP contribution in [-0.4, -0.2) is 27.5 Å². The zero-order chi connectivity index (χ0) is 19.3. The number of amides is 1. The molecule has 2 N–H and O–H groups in total. The van der Waals surface area contributed by atoms with Crippen LogP contribution in [0.5, 0.6) is 0 Å². The Morgan fingerprint density at radius 2 is 2.07 bits per heavy atom. The molecule has 4 aromatic rings. The number of aromatic amines is 1. The standard InChI is InChI=1S/C21H20N4O2S/c1-14-7-8-17-18(9-14)24-19(23-17)12-27-13-20(26)25-21-22-11-16(28-21)10-15-5-3-2-4-6-15/h2-9,11H,10,12-13H2,1H3,(H,23,24)(H,22,25,26). The van der Waals surface area contributed by atoms with Crippen LogP contribution in [-0.2, 0) is 22.6 Å². The molecular formula is C21H20N4O2S. The second-order valence-corrected chi connectivity index (χ2v) is 7.65. The summed E-state index contributed by atoms with van der Waals surface area (Å²) < 4.78 is 5.49. The van der Waals surface area contributed by atoms with Crippen LogP contribution in [0.2, 0.25) is 0 Å². The summed E-state index contributed by atoms with van der Waals surface area (Å²) in [6, 6.07) is 16.2. The van der Waals surface area contributed by atoms with Crippen LogP contribution in [0.25, 0.3) is 11.0 Å². The first-order chi connectivity index (χ1) is 13.7. The van der Waals surface area contributed by atoms with Crippen LogP contribution >= 0.6 is 11.3 Å². The van der Waals surface area contributed by atoms with Crippen molar-refractivity contribution in [2.24, 2.45) is 0 Å². The van der Waals surface area contributed by atoms with Gasteiger partial charge in [-0.15, -0.1) is 11.3 Å². The topological polar surface area (TPSA) is 79.9 Å². The predicted octanol–water partition coefficient (Wildman–Crippen LogP) is 4.07. The van der Waals surface area contributed by atoms with E-state index in [0.717, 1.165) is 27.9 Å². The quantitative estimate of drug-likeness (QED) is 0.497. The van der Waals surface area contributed by atoms with E-state index in [1.54, 1.807) is 6.20 Å². The number of ether oxygens (including phenoxy) is 1. The van der Waals surface area contributed by atoms with Gasteiger partial charge in [-0.3, -0.25) is 10.1 Å². The lowest BCUT2D eigenvalue weighted by atomic mass is 10.1. The first kappa shape index (κ1) is 18.3. The largest absolute Gasteiger partial charge is 0.364 e. The van der Waals surface area contributed by atoms with E-state index >= 15 is 0 Å². The Bertz CT molecular complexity index is 1090. The van der Waals surface area contributed by atoms with E-state index in [0.29, 0.717) is 11.0 Å². The summed E-state index contributed by atoms with van der Waals surface area (Å²) in [7, 11) is 0. The third kappa shape index (κ3) is 4.62. The summed E-state index contributed by atoms with van der Waals surface area (Å²) in [6.45, 7) is 2.23. The maximum atomic E-state index is 12.1. The van der Waals surface area contributed by atoms with Gasteiger partial charge in [0.2, 0.25) is 0 Å². The number of aryl methyl sites for hydroxylation is 1. The number of rotatable bonds is 7. The second-order valence-electron chi connectivity index (χ2n) is 6.54. The molecular weight excluding hydrogens is 372 g/mol. The zero-order valence-electron chi connectivity index (χ0n) is 15.4. The monoisotopic (exact) mass is 392 g/mol. The molecule has 0 saturated carbocycles. The molecule has 4 rings (SSSR count). The molecule has 0 bridgehead atoms. The average molecular weight is 392 g/mol. The van der Waals surface area contributed by atoms with E-state index in [1.165, 1.54) is 16.9 Å². The second kappa shape index (κ2) is 8.33. The Hall–Kier alpha value is -3.03. The smallest absolute Gasteiger partial charge is 0.252 e. The van der Waals surface area contributed by atoms with Crippen LogP contribution in [0.4, 0.5) is 5.13 Å². The van der Waals surface area contributed by atoms with E-state index in [9.17, 15) is 4.79 Å². The Morgan fingerprint density at radius 1 is 1.21 bits per heavy atom. The average Bonchev–Trinajstić information content (AvgIpc) is 3.28. The van der Waals surface area contributed by atoms with E-state index < -0.39 is 0 Å². The van der Waals surface area contributed by atoms with Crippen molar-refractivity contribution in [1.82, 2.24) is 15.0 Å². The van der Waals surface area contributed by atoms with Crippen molar-refractivity contribution in [3.8, 4) is 0 Å². The van der Waals surface area contributed by atoms with Crippen molar-refractivity contribution < 1.29 is 9.53 Å². The molecule has 2 aromatic heterocycles. The molecule has 2 aromatic carbocycles. The molecule has 142 valence electrons. The summed E-state index contributed by atoms with van der Waals surface area (Å²) in [6.07, 6.45) is 2.60. The number of nitrogens with one attached hydrogen (secondary N) is 2. The minimum Gasteiger partial charge on any atom is -0.364 e. The van der Waals surface area contributed by atoms with Gasteiger partial charge in [0.1, 0.15) is 19.0 Å². The molecule has 0 unspecified atom stereocenters. The Kier molecular flexibility index (Phi) is 5.45. The van der Waals surface area contributed by atoms with Gasteiger partial charge < -0.3 is 9.72 Å². The van der Waals surface area contributed by atoms with Crippen molar-refractivity contribution in [3.63, 3.8) is 0 Å². The molecule has 7 heteroatoms. The van der Waals surface area contributed by atoms with Crippen molar-refractivity contribution in [2.75, 3.05) is 11.9 Å². The summed E-state index contributed by atoms with van der Waals surface area (Å²) in [5, 5.41) is 3.36. The molecule has 0 aliphatic heterocycles. The van der Waals surface area contributed by atoms with E-state index in [-0.39, 0.29) is 19.1 Å². The number of anilines is 1. The Morgan fingerprint density at radius 3 is 2.93 bits per heavy atom. The van der Waals surface area contributed by atoms with Gasteiger partial charge in [-0.1, -0.05) is 36.4 Å². The van der Waals surface area contributed by atoms with Gasteiger partial charge in [0.25, 0.3) is 5.91 Å². The summed E-state index contributed by atoms with van der Waals surface area (Å²) in [4.78, 5) is 25.1. The first-order valence-corrected chi connectivity index (χ1v) is 9.79. The molecule has 0 saturated heterocycles. The van der Waals surface area contributed by atoms with Gasteiger partial charge in [0, 0.05) is 17.5 Å². The fraction of sp³-hybridized carbons (Fsp3) is 0.190. The number of imidazole rings is 1. The Balaban J connectivity index is 1.26. The van der Waals surface area contributed by atoms with Crippen LogP contribution in [0.3, 0.4) is 0 Å². The summed E-state index contributed by atoms with van der Waals surface area (Å²) in [5.41, 5.74) is 4.24. The highest BCUT2D eigenvalue weighted by Crippen LogP contribution is 2.21. The van der Waals surface area contributed by atoms with Crippen molar-refractivity contribution in [2.45, 2.75) is 20.0 Å².